The van der Waals surface area contributed by atoms with E-state index in [1.807, 2.05) is 0 Å². The minimum Gasteiger partial charge on any atom is -0.411 e. The van der Waals surface area contributed by atoms with Gasteiger partial charge in [0.2, 0.25) is 11.8 Å². The molecule has 1 aromatic heterocycles. The molecule has 0 atom stereocenters. The van der Waals surface area contributed by atoms with Gasteiger partial charge in [0.1, 0.15) is 0 Å². The van der Waals surface area contributed by atoms with Crippen LogP contribution in [0.2, 0.25) is 0 Å². The Morgan fingerprint density at radius 3 is 2.78 bits per heavy atom. The van der Waals surface area contributed by atoms with Crippen LogP contribution in [0.1, 0.15) is 17.3 Å². The predicted octanol–water partition coefficient (Wildman–Crippen LogP) is 3.57. The van der Waals surface area contributed by atoms with E-state index in [0.717, 1.165) is 11.8 Å². The fourth-order valence-electron chi connectivity index (χ4n) is 2.23. The molecule has 0 saturated heterocycles. The van der Waals surface area contributed by atoms with Crippen molar-refractivity contribution < 1.29 is 18.9 Å². The number of rotatable bonds is 6. The number of carbonyl (C=O) groups excluding carboxylic acids is 2. The third kappa shape index (κ3) is 4.36. The van der Waals surface area contributed by atoms with Gasteiger partial charge in [-0.3, -0.25) is 19.7 Å². The van der Waals surface area contributed by atoms with Gasteiger partial charge in [0.25, 0.3) is 10.9 Å². The summed E-state index contributed by atoms with van der Waals surface area (Å²) >= 11 is 1.03. The van der Waals surface area contributed by atoms with Gasteiger partial charge < -0.3 is 9.73 Å². The van der Waals surface area contributed by atoms with Gasteiger partial charge in [-0.25, -0.2) is 0 Å². The summed E-state index contributed by atoms with van der Waals surface area (Å²) in [6.45, 7) is 1.41. The first-order valence-electron chi connectivity index (χ1n) is 7.59. The summed E-state index contributed by atoms with van der Waals surface area (Å²) in [5, 5.41) is 21.5. The molecule has 0 aliphatic heterocycles. The maximum absolute atomic E-state index is 11.2. The lowest BCUT2D eigenvalue weighted by atomic mass is 10.2. The van der Waals surface area contributed by atoms with Gasteiger partial charge in [-0.2, -0.15) is 0 Å². The van der Waals surface area contributed by atoms with Gasteiger partial charge >= 0.3 is 0 Å². The van der Waals surface area contributed by atoms with Crippen LogP contribution in [0, 0.1) is 10.1 Å². The van der Waals surface area contributed by atoms with E-state index in [1.165, 1.54) is 25.1 Å². The minimum atomic E-state index is -0.575. The Bertz CT molecular complexity index is 1030. The van der Waals surface area contributed by atoms with Crippen molar-refractivity contribution in [3.63, 3.8) is 0 Å². The summed E-state index contributed by atoms with van der Waals surface area (Å²) in [4.78, 5) is 33.1. The standard InChI is InChI=1S/C17H12N4O5S/c1-10(23)18-13-4-2-3-11(7-13)16-19-20-17(26-16)27-15-6-5-14(21(24)25)8-12(15)9-22/h2-9H,1H3,(H,18,23). The number of amides is 1. The van der Waals surface area contributed by atoms with E-state index in [1.54, 1.807) is 24.3 Å². The van der Waals surface area contributed by atoms with Crippen LogP contribution < -0.4 is 5.32 Å². The summed E-state index contributed by atoms with van der Waals surface area (Å²) in [6, 6.07) is 10.8. The van der Waals surface area contributed by atoms with Crippen molar-refractivity contribution in [1.82, 2.24) is 10.2 Å². The van der Waals surface area contributed by atoms with E-state index in [9.17, 15) is 19.7 Å². The van der Waals surface area contributed by atoms with Crippen LogP contribution in [0.25, 0.3) is 11.5 Å². The normalized spacial score (nSPS) is 10.4. The number of nitrogens with one attached hydrogen (secondary N) is 1. The monoisotopic (exact) mass is 384 g/mol. The predicted molar refractivity (Wildman–Crippen MR) is 96.6 cm³/mol. The van der Waals surface area contributed by atoms with Gasteiger partial charge in [-0.15, -0.1) is 10.2 Å². The molecule has 2 aromatic carbocycles. The number of aldehydes is 1. The summed E-state index contributed by atoms with van der Waals surface area (Å²) < 4.78 is 5.59. The molecular weight excluding hydrogens is 372 g/mol. The maximum Gasteiger partial charge on any atom is 0.281 e. The lowest BCUT2D eigenvalue weighted by molar-refractivity contribution is -0.384. The van der Waals surface area contributed by atoms with Gasteiger partial charge in [-0.05, 0) is 36.0 Å². The Hall–Kier alpha value is -3.53. The van der Waals surface area contributed by atoms with Crippen molar-refractivity contribution in [2.75, 3.05) is 5.32 Å². The van der Waals surface area contributed by atoms with Gasteiger partial charge in [0.05, 0.1) is 4.92 Å². The molecule has 0 unspecified atom stereocenters. The van der Waals surface area contributed by atoms with E-state index >= 15 is 0 Å². The van der Waals surface area contributed by atoms with Crippen molar-refractivity contribution in [2.45, 2.75) is 17.0 Å². The Kier molecular flexibility index (Phi) is 5.27. The Labute approximate surface area is 156 Å². The molecule has 3 aromatic rings. The molecule has 0 radical (unpaired) electrons. The van der Waals surface area contributed by atoms with Crippen LogP contribution in [0.4, 0.5) is 11.4 Å². The number of carbonyl (C=O) groups is 2. The molecule has 3 rings (SSSR count). The van der Waals surface area contributed by atoms with Crippen LogP contribution >= 0.6 is 11.8 Å². The zero-order valence-electron chi connectivity index (χ0n) is 13.9. The van der Waals surface area contributed by atoms with Crippen molar-refractivity contribution in [3.8, 4) is 11.5 Å². The molecule has 0 aliphatic rings. The number of nitro groups is 1. The number of anilines is 1. The smallest absolute Gasteiger partial charge is 0.281 e. The van der Waals surface area contributed by atoms with E-state index in [-0.39, 0.29) is 28.3 Å². The number of nitro benzene ring substituents is 1. The molecule has 1 N–H and O–H groups in total. The van der Waals surface area contributed by atoms with Gasteiger partial charge in [0.15, 0.2) is 6.29 Å². The van der Waals surface area contributed by atoms with Crippen molar-refractivity contribution in [2.24, 2.45) is 0 Å². The second kappa shape index (κ2) is 7.79. The highest BCUT2D eigenvalue weighted by Gasteiger charge is 2.15. The summed E-state index contributed by atoms with van der Waals surface area (Å²) in [5.41, 5.74) is 1.18. The molecule has 27 heavy (non-hydrogen) atoms. The summed E-state index contributed by atoms with van der Waals surface area (Å²) in [5.74, 6) is 0.0350. The second-order valence-corrected chi connectivity index (χ2v) is 6.33. The quantitative estimate of drug-likeness (QED) is 0.388. The number of non-ortho nitro benzene ring substituents is 1. The lowest BCUT2D eigenvalue weighted by Crippen LogP contribution is -2.05. The highest BCUT2D eigenvalue weighted by Crippen LogP contribution is 2.33. The fourth-order valence-corrected chi connectivity index (χ4v) is 2.98. The fraction of sp³-hybridized carbons (Fsp3) is 0.0588. The first-order valence-corrected chi connectivity index (χ1v) is 8.41. The number of nitrogens with zero attached hydrogens (tertiary/aromatic N) is 3. The van der Waals surface area contributed by atoms with Crippen LogP contribution in [0.15, 0.2) is 57.0 Å². The SMILES string of the molecule is CC(=O)Nc1cccc(-c2nnc(Sc3ccc([N+](=O)[O-])cc3C=O)o2)c1. The molecule has 9 nitrogen and oxygen atoms in total. The largest absolute Gasteiger partial charge is 0.411 e. The molecular formula is C17H12N4O5S. The van der Waals surface area contributed by atoms with Crippen molar-refractivity contribution in [3.05, 3.63) is 58.1 Å². The number of hydrogen-bond acceptors (Lipinski definition) is 8. The van der Waals surface area contributed by atoms with Crippen LogP contribution in [0.5, 0.6) is 0 Å². The number of aromatic nitrogens is 2. The summed E-state index contributed by atoms with van der Waals surface area (Å²) in [7, 11) is 0. The van der Waals surface area contributed by atoms with Crippen LogP contribution in [-0.2, 0) is 4.79 Å². The van der Waals surface area contributed by atoms with Crippen LogP contribution in [0.3, 0.4) is 0 Å². The van der Waals surface area contributed by atoms with E-state index in [2.05, 4.69) is 15.5 Å². The van der Waals surface area contributed by atoms with Gasteiger partial charge in [-0.1, -0.05) is 6.07 Å². The van der Waals surface area contributed by atoms with Crippen molar-refractivity contribution in [1.29, 1.82) is 0 Å². The molecule has 10 heteroatoms. The molecule has 136 valence electrons. The third-order valence-corrected chi connectivity index (χ3v) is 4.30. The molecule has 1 heterocycles. The Morgan fingerprint density at radius 1 is 1.26 bits per heavy atom. The Balaban J connectivity index is 1.84. The third-order valence-electron chi connectivity index (χ3n) is 3.36. The van der Waals surface area contributed by atoms with Gasteiger partial charge in [0, 0.05) is 40.8 Å². The highest BCUT2D eigenvalue weighted by molar-refractivity contribution is 7.99. The number of hydrogen-bond donors (Lipinski definition) is 1. The zero-order valence-corrected chi connectivity index (χ0v) is 14.7. The average molecular weight is 384 g/mol. The van der Waals surface area contributed by atoms with E-state index < -0.39 is 4.92 Å². The molecule has 0 bridgehead atoms. The van der Waals surface area contributed by atoms with Crippen LogP contribution in [-0.4, -0.2) is 27.3 Å². The summed E-state index contributed by atoms with van der Waals surface area (Å²) in [6.07, 6.45) is 0.531. The molecule has 1 amide bonds. The average Bonchev–Trinajstić information content (AvgIpc) is 3.10. The highest BCUT2D eigenvalue weighted by atomic mass is 32.2. The van der Waals surface area contributed by atoms with Crippen molar-refractivity contribution >= 4 is 35.3 Å². The zero-order chi connectivity index (χ0) is 19.4. The molecule has 0 saturated carbocycles. The lowest BCUT2D eigenvalue weighted by Gasteiger charge is -2.03. The Morgan fingerprint density at radius 2 is 2.07 bits per heavy atom. The first kappa shape index (κ1) is 18.3. The topological polar surface area (TPSA) is 128 Å². The van der Waals surface area contributed by atoms with E-state index in [4.69, 9.17) is 4.42 Å². The molecule has 0 spiro atoms. The minimum absolute atomic E-state index is 0.154. The first-order chi connectivity index (χ1) is 13.0. The molecule has 0 fully saturated rings. The van der Waals surface area contributed by atoms with E-state index in [0.29, 0.717) is 22.4 Å². The maximum atomic E-state index is 11.2. The number of benzene rings is 2. The second-order valence-electron chi connectivity index (χ2n) is 5.33. The molecule has 0 aliphatic carbocycles.